The van der Waals surface area contributed by atoms with Crippen LogP contribution in [0.5, 0.6) is 0 Å². The Hall–Kier alpha value is -4.35. The summed E-state index contributed by atoms with van der Waals surface area (Å²) in [6, 6.07) is 8.12. The molecular weight excluding hydrogens is 411 g/mol. The molecule has 31 heavy (non-hydrogen) atoms. The Morgan fingerprint density at radius 2 is 2.00 bits per heavy atom. The van der Waals surface area contributed by atoms with Gasteiger partial charge in [-0.1, -0.05) is 12.1 Å². The number of carbonyl (C=O) groups is 1. The summed E-state index contributed by atoms with van der Waals surface area (Å²) in [5, 5.41) is 17.6. The van der Waals surface area contributed by atoms with Crippen LogP contribution in [0.15, 0.2) is 58.1 Å². The van der Waals surface area contributed by atoms with Gasteiger partial charge in [-0.2, -0.15) is 5.10 Å². The van der Waals surface area contributed by atoms with Crippen LogP contribution < -0.4 is 10.9 Å². The molecule has 0 atom stereocenters. The van der Waals surface area contributed by atoms with E-state index in [0.29, 0.717) is 11.0 Å². The van der Waals surface area contributed by atoms with Crippen molar-refractivity contribution in [1.82, 2.24) is 24.6 Å². The second-order valence-corrected chi connectivity index (χ2v) is 6.56. The minimum atomic E-state index is -0.735. The highest BCUT2D eigenvalue weighted by molar-refractivity contribution is 5.91. The van der Waals surface area contributed by atoms with Crippen molar-refractivity contribution in [3.05, 3.63) is 86.5 Å². The molecule has 4 rings (SSSR count). The molecule has 1 amide bonds. The minimum Gasteiger partial charge on any atom is -0.395 e. The minimum absolute atomic E-state index is 0.129. The predicted octanol–water partition coefficient (Wildman–Crippen LogP) is 1.71. The van der Waals surface area contributed by atoms with Gasteiger partial charge in [0.1, 0.15) is 22.5 Å². The number of benzene rings is 1. The summed E-state index contributed by atoms with van der Waals surface area (Å²) in [5.41, 5.74) is 0.800. The lowest BCUT2D eigenvalue weighted by Crippen LogP contribution is -2.27. The standard InChI is InChI=1S/C19H15FN6O5/c20-13-3-1-12(2-4-13)10-24-11-22-17-14(19(24)28)9-23-25(17)8-7-21-18(27)15-5-6-16(31-15)26(29)30/h1-6,9,11H,7-8,10H2,(H,21,27). The number of furan rings is 1. The van der Waals surface area contributed by atoms with Crippen LogP contribution in [0.25, 0.3) is 11.0 Å². The Kier molecular flexibility index (Phi) is 5.26. The second-order valence-electron chi connectivity index (χ2n) is 6.56. The molecule has 0 aliphatic heterocycles. The van der Waals surface area contributed by atoms with Crippen molar-refractivity contribution in [1.29, 1.82) is 0 Å². The number of aromatic nitrogens is 4. The van der Waals surface area contributed by atoms with Crippen molar-refractivity contribution in [3.8, 4) is 0 Å². The molecule has 158 valence electrons. The highest BCUT2D eigenvalue weighted by Gasteiger charge is 2.17. The smallest absolute Gasteiger partial charge is 0.395 e. The fourth-order valence-electron chi connectivity index (χ4n) is 2.97. The molecule has 0 saturated heterocycles. The number of hydrogen-bond donors (Lipinski definition) is 1. The molecule has 0 saturated carbocycles. The first kappa shape index (κ1) is 19.9. The maximum absolute atomic E-state index is 13.0. The lowest BCUT2D eigenvalue weighted by atomic mass is 10.2. The third kappa shape index (κ3) is 4.17. The van der Waals surface area contributed by atoms with Crippen LogP contribution in [0.4, 0.5) is 10.3 Å². The summed E-state index contributed by atoms with van der Waals surface area (Å²) >= 11 is 0. The van der Waals surface area contributed by atoms with Crippen molar-refractivity contribution < 1.29 is 18.5 Å². The summed E-state index contributed by atoms with van der Waals surface area (Å²) in [7, 11) is 0. The van der Waals surface area contributed by atoms with Gasteiger partial charge in [0, 0.05) is 6.54 Å². The van der Waals surface area contributed by atoms with Crippen LogP contribution in [-0.2, 0) is 13.1 Å². The molecule has 0 bridgehead atoms. The van der Waals surface area contributed by atoms with E-state index < -0.39 is 16.7 Å². The molecule has 11 nitrogen and oxygen atoms in total. The first-order chi connectivity index (χ1) is 14.9. The van der Waals surface area contributed by atoms with E-state index in [2.05, 4.69) is 15.4 Å². The van der Waals surface area contributed by atoms with Gasteiger partial charge in [0.15, 0.2) is 11.4 Å². The number of nitrogens with one attached hydrogen (secondary N) is 1. The van der Waals surface area contributed by atoms with Crippen LogP contribution in [0.2, 0.25) is 0 Å². The molecule has 0 spiro atoms. The summed E-state index contributed by atoms with van der Waals surface area (Å²) < 4.78 is 20.7. The number of amides is 1. The van der Waals surface area contributed by atoms with Gasteiger partial charge < -0.3 is 9.73 Å². The molecule has 0 fully saturated rings. The molecule has 1 N–H and O–H groups in total. The van der Waals surface area contributed by atoms with E-state index in [-0.39, 0.29) is 36.8 Å². The van der Waals surface area contributed by atoms with E-state index in [0.717, 1.165) is 11.6 Å². The molecule has 3 heterocycles. The Morgan fingerprint density at radius 3 is 2.71 bits per heavy atom. The number of carbonyl (C=O) groups excluding carboxylic acids is 1. The predicted molar refractivity (Wildman–Crippen MR) is 105 cm³/mol. The topological polar surface area (TPSA) is 138 Å². The van der Waals surface area contributed by atoms with Crippen LogP contribution >= 0.6 is 0 Å². The van der Waals surface area contributed by atoms with Gasteiger partial charge in [-0.3, -0.25) is 24.3 Å². The van der Waals surface area contributed by atoms with Crippen molar-refractivity contribution in [3.63, 3.8) is 0 Å². The number of fused-ring (bicyclic) bond motifs is 1. The summed E-state index contributed by atoms with van der Waals surface area (Å²) in [4.78, 5) is 38.9. The fourth-order valence-corrected chi connectivity index (χ4v) is 2.97. The molecule has 0 unspecified atom stereocenters. The van der Waals surface area contributed by atoms with Gasteiger partial charge in [0.05, 0.1) is 25.4 Å². The first-order valence-electron chi connectivity index (χ1n) is 9.10. The lowest BCUT2D eigenvalue weighted by molar-refractivity contribution is -0.402. The highest BCUT2D eigenvalue weighted by Crippen LogP contribution is 2.15. The molecule has 0 aliphatic rings. The Morgan fingerprint density at radius 1 is 1.23 bits per heavy atom. The van der Waals surface area contributed by atoms with Crippen LogP contribution in [0.1, 0.15) is 16.1 Å². The molecule has 3 aromatic heterocycles. The van der Waals surface area contributed by atoms with E-state index in [1.165, 1.54) is 40.0 Å². The van der Waals surface area contributed by atoms with Gasteiger partial charge in [-0.05, 0) is 23.8 Å². The quantitative estimate of drug-likeness (QED) is 0.351. The van der Waals surface area contributed by atoms with Crippen LogP contribution in [0, 0.1) is 15.9 Å². The third-order valence-corrected chi connectivity index (χ3v) is 4.49. The van der Waals surface area contributed by atoms with Gasteiger partial charge in [-0.15, -0.1) is 0 Å². The normalized spacial score (nSPS) is 11.0. The Labute approximate surface area is 172 Å². The number of hydrogen-bond acceptors (Lipinski definition) is 7. The maximum Gasteiger partial charge on any atom is 0.433 e. The summed E-state index contributed by atoms with van der Waals surface area (Å²) in [5.74, 6) is -1.68. The van der Waals surface area contributed by atoms with E-state index in [4.69, 9.17) is 4.42 Å². The van der Waals surface area contributed by atoms with Crippen LogP contribution in [0.3, 0.4) is 0 Å². The zero-order valence-corrected chi connectivity index (χ0v) is 15.9. The monoisotopic (exact) mass is 426 g/mol. The largest absolute Gasteiger partial charge is 0.433 e. The Bertz CT molecular complexity index is 1320. The number of halogens is 1. The number of nitro groups is 1. The van der Waals surface area contributed by atoms with Crippen molar-refractivity contribution >= 4 is 22.8 Å². The molecule has 0 radical (unpaired) electrons. The van der Waals surface area contributed by atoms with Gasteiger partial charge in [-0.25, -0.2) is 14.1 Å². The zero-order chi connectivity index (χ0) is 22.0. The van der Waals surface area contributed by atoms with E-state index >= 15 is 0 Å². The SMILES string of the molecule is O=C(NCCn1ncc2c(=O)n(Cc3ccc(F)cc3)cnc21)c1ccc([N+](=O)[O-])o1. The molecular formula is C19H15FN6O5. The molecule has 0 aliphatic carbocycles. The highest BCUT2D eigenvalue weighted by atomic mass is 19.1. The summed E-state index contributed by atoms with van der Waals surface area (Å²) in [6.07, 6.45) is 2.77. The van der Waals surface area contributed by atoms with Gasteiger partial charge >= 0.3 is 5.88 Å². The van der Waals surface area contributed by atoms with Crippen molar-refractivity contribution in [2.45, 2.75) is 13.1 Å². The summed E-state index contributed by atoms with van der Waals surface area (Å²) in [6.45, 7) is 0.579. The molecule has 4 aromatic rings. The van der Waals surface area contributed by atoms with E-state index in [9.17, 15) is 24.1 Å². The van der Waals surface area contributed by atoms with E-state index in [1.54, 1.807) is 12.1 Å². The number of rotatable bonds is 7. The number of nitrogens with zero attached hydrogens (tertiary/aromatic N) is 5. The third-order valence-electron chi connectivity index (χ3n) is 4.49. The first-order valence-corrected chi connectivity index (χ1v) is 9.10. The maximum atomic E-state index is 13.0. The molecule has 12 heteroatoms. The fraction of sp³-hybridized carbons (Fsp3) is 0.158. The van der Waals surface area contributed by atoms with Gasteiger partial charge in [0.2, 0.25) is 0 Å². The lowest BCUT2D eigenvalue weighted by Gasteiger charge is -2.07. The average Bonchev–Trinajstić information content (AvgIpc) is 3.40. The molecule has 1 aromatic carbocycles. The van der Waals surface area contributed by atoms with E-state index in [1.807, 2.05) is 0 Å². The van der Waals surface area contributed by atoms with Crippen molar-refractivity contribution in [2.24, 2.45) is 0 Å². The second kappa shape index (κ2) is 8.18. The zero-order valence-electron chi connectivity index (χ0n) is 15.9. The van der Waals surface area contributed by atoms with Crippen LogP contribution in [-0.4, -0.2) is 36.7 Å². The average molecular weight is 426 g/mol. The van der Waals surface area contributed by atoms with Crippen molar-refractivity contribution in [2.75, 3.05) is 6.54 Å². The Balaban J connectivity index is 1.43. The van der Waals surface area contributed by atoms with Gasteiger partial charge in [0.25, 0.3) is 11.5 Å².